The molecule has 0 aromatic heterocycles. The molecule has 45 heavy (non-hydrogen) atoms. The maximum Gasteiger partial charge on any atom is 0.439 e. The number of hydrogen-bond donors (Lipinski definition) is 1. The van der Waals surface area contributed by atoms with E-state index in [4.69, 9.17) is 18.9 Å². The van der Waals surface area contributed by atoms with Crippen LogP contribution in [0.5, 0.6) is 5.75 Å². The zero-order valence-electron chi connectivity index (χ0n) is 28.2. The van der Waals surface area contributed by atoms with Crippen LogP contribution < -0.4 is 10.1 Å². The van der Waals surface area contributed by atoms with E-state index in [0.29, 0.717) is 16.3 Å². The number of amides is 4. The van der Waals surface area contributed by atoms with E-state index in [1.807, 2.05) is 19.9 Å². The zero-order chi connectivity index (χ0) is 34.5. The molecule has 0 saturated carbocycles. The van der Waals surface area contributed by atoms with Gasteiger partial charge in [0.1, 0.15) is 16.9 Å². The number of alkyl carbamates (subject to hydrolysis) is 1. The van der Waals surface area contributed by atoms with Crippen LogP contribution in [0.15, 0.2) is 36.4 Å². The lowest BCUT2D eigenvalue weighted by Gasteiger charge is -2.41. The third-order valence-corrected chi connectivity index (χ3v) is 6.29. The summed E-state index contributed by atoms with van der Waals surface area (Å²) in [7, 11) is 1.45. The molecule has 12 heteroatoms. The molecular weight excluding hydrogens is 582 g/mol. The number of nitrogens with zero attached hydrogens (tertiary/aromatic N) is 2. The fourth-order valence-electron chi connectivity index (χ4n) is 4.34. The smallest absolute Gasteiger partial charge is 0.439 e. The van der Waals surface area contributed by atoms with Crippen LogP contribution in [0.4, 0.5) is 9.59 Å². The second-order valence-corrected chi connectivity index (χ2v) is 13.1. The van der Waals surface area contributed by atoms with Crippen LogP contribution in [-0.2, 0) is 19.0 Å². The number of imide groups is 1. The van der Waals surface area contributed by atoms with Crippen LogP contribution in [0.2, 0.25) is 0 Å². The van der Waals surface area contributed by atoms with Crippen LogP contribution in [0.1, 0.15) is 92.8 Å². The monoisotopic (exact) mass is 627 g/mol. The Hall–Kier alpha value is -4.61. The molecule has 0 heterocycles. The Labute approximate surface area is 264 Å². The van der Waals surface area contributed by atoms with E-state index in [1.165, 1.54) is 27.0 Å². The van der Waals surface area contributed by atoms with Gasteiger partial charge in [0.2, 0.25) is 6.79 Å². The first-order valence-corrected chi connectivity index (χ1v) is 14.3. The average Bonchev–Trinajstić information content (AvgIpc) is 2.88. The number of carbonyl (C=O) groups excluding carboxylic acids is 5. The number of benzene rings is 2. The molecule has 0 spiro atoms. The van der Waals surface area contributed by atoms with Gasteiger partial charge in [-0.3, -0.25) is 9.59 Å². The van der Waals surface area contributed by atoms with E-state index in [0.717, 1.165) is 16.1 Å². The number of hydrazine groups is 1. The van der Waals surface area contributed by atoms with Crippen LogP contribution in [0.3, 0.4) is 0 Å². The molecule has 4 amide bonds. The minimum atomic E-state index is -1.56. The molecule has 0 radical (unpaired) electrons. The first kappa shape index (κ1) is 36.6. The lowest BCUT2D eigenvalue weighted by Crippen LogP contribution is -2.60. The van der Waals surface area contributed by atoms with Gasteiger partial charge < -0.3 is 24.3 Å². The van der Waals surface area contributed by atoms with Crippen molar-refractivity contribution in [2.75, 3.05) is 13.9 Å². The van der Waals surface area contributed by atoms with Gasteiger partial charge >= 0.3 is 18.2 Å². The first-order chi connectivity index (χ1) is 20.6. The molecule has 0 fully saturated rings. The van der Waals surface area contributed by atoms with Crippen molar-refractivity contribution in [3.63, 3.8) is 0 Å². The van der Waals surface area contributed by atoms with Gasteiger partial charge in [0.05, 0.1) is 12.6 Å². The SMILES string of the molecule is COc1cccc(C(=O)N(C(=O)OCOC(=O)C(C)(C)NC(=O)OC(C)(C)C)N(C(=O)c2cc(C)cc(C)c2)C(C)(C)C)c1C. The maximum absolute atomic E-state index is 14.1. The Kier molecular flexibility index (Phi) is 11.4. The van der Waals surface area contributed by atoms with Crippen molar-refractivity contribution in [1.82, 2.24) is 15.3 Å². The van der Waals surface area contributed by atoms with E-state index in [9.17, 15) is 24.0 Å². The molecule has 2 aromatic carbocycles. The predicted octanol–water partition coefficient (Wildman–Crippen LogP) is 5.86. The van der Waals surface area contributed by atoms with Crippen LogP contribution in [-0.4, -0.2) is 70.6 Å². The summed E-state index contributed by atoms with van der Waals surface area (Å²) in [4.78, 5) is 66.9. The van der Waals surface area contributed by atoms with E-state index >= 15 is 0 Å². The quantitative estimate of drug-likeness (QED) is 0.227. The Bertz CT molecular complexity index is 1430. The van der Waals surface area contributed by atoms with Crippen molar-refractivity contribution in [1.29, 1.82) is 0 Å². The standard InChI is InChI=1S/C33H45N3O9/c1-20-16-21(2)18-23(17-20)26(37)36(31(4,5)6)35(27(38)24-14-13-15-25(42-12)22(24)3)30(41)44-19-43-28(39)33(10,11)34-29(40)45-32(7,8)9/h13-18H,19H2,1-12H3,(H,34,40). The predicted molar refractivity (Wildman–Crippen MR) is 167 cm³/mol. The summed E-state index contributed by atoms with van der Waals surface area (Å²) >= 11 is 0. The van der Waals surface area contributed by atoms with E-state index in [1.54, 1.807) is 72.7 Å². The summed E-state index contributed by atoms with van der Waals surface area (Å²) in [6.45, 7) is 17.1. The molecule has 0 saturated heterocycles. The largest absolute Gasteiger partial charge is 0.496 e. The molecule has 0 bridgehead atoms. The van der Waals surface area contributed by atoms with Crippen molar-refractivity contribution in [3.8, 4) is 5.75 Å². The third kappa shape index (κ3) is 9.69. The second kappa shape index (κ2) is 14.0. The fraction of sp³-hybridized carbons (Fsp3) is 0.485. The number of hydrogen-bond acceptors (Lipinski definition) is 9. The molecule has 0 aliphatic heterocycles. The number of aryl methyl sites for hydroxylation is 2. The molecule has 0 unspecified atom stereocenters. The molecule has 1 N–H and O–H groups in total. The highest BCUT2D eigenvalue weighted by atomic mass is 16.7. The molecule has 2 aromatic rings. The number of ether oxygens (including phenoxy) is 4. The van der Waals surface area contributed by atoms with Gasteiger partial charge in [0.25, 0.3) is 11.8 Å². The molecule has 0 aliphatic rings. The lowest BCUT2D eigenvalue weighted by atomic mass is 10.0. The zero-order valence-corrected chi connectivity index (χ0v) is 28.2. The van der Waals surface area contributed by atoms with E-state index in [2.05, 4.69) is 5.32 Å². The summed E-state index contributed by atoms with van der Waals surface area (Å²) in [6.07, 6.45) is -2.13. The summed E-state index contributed by atoms with van der Waals surface area (Å²) in [6, 6.07) is 9.93. The number of esters is 1. The van der Waals surface area contributed by atoms with Crippen molar-refractivity contribution < 1.29 is 42.9 Å². The minimum absolute atomic E-state index is 0.0773. The maximum atomic E-state index is 14.1. The molecule has 0 atom stereocenters. The average molecular weight is 628 g/mol. The van der Waals surface area contributed by atoms with Crippen molar-refractivity contribution in [3.05, 3.63) is 64.2 Å². The Balaban J connectivity index is 2.47. The Morgan fingerprint density at radius 1 is 0.800 bits per heavy atom. The van der Waals surface area contributed by atoms with Gasteiger partial charge in [0, 0.05) is 16.7 Å². The van der Waals surface area contributed by atoms with Crippen molar-refractivity contribution >= 4 is 30.0 Å². The van der Waals surface area contributed by atoms with Gasteiger partial charge in [-0.25, -0.2) is 19.4 Å². The molecule has 2 rings (SSSR count). The highest BCUT2D eigenvalue weighted by Crippen LogP contribution is 2.28. The highest BCUT2D eigenvalue weighted by Gasteiger charge is 2.42. The number of nitrogens with one attached hydrogen (secondary N) is 1. The molecule has 12 nitrogen and oxygen atoms in total. The van der Waals surface area contributed by atoms with Gasteiger partial charge in [-0.1, -0.05) is 23.3 Å². The van der Waals surface area contributed by atoms with E-state index in [-0.39, 0.29) is 11.1 Å². The van der Waals surface area contributed by atoms with Gasteiger partial charge in [-0.15, -0.1) is 5.01 Å². The lowest BCUT2D eigenvalue weighted by molar-refractivity contribution is -0.160. The number of rotatable bonds is 7. The molecular formula is C33H45N3O9. The fourth-order valence-corrected chi connectivity index (χ4v) is 4.34. The van der Waals surface area contributed by atoms with Crippen LogP contribution in [0.25, 0.3) is 0 Å². The second-order valence-electron chi connectivity index (χ2n) is 13.1. The van der Waals surface area contributed by atoms with E-state index < -0.39 is 53.4 Å². The molecule has 246 valence electrons. The Morgan fingerprint density at radius 2 is 1.38 bits per heavy atom. The highest BCUT2D eigenvalue weighted by molar-refractivity contribution is 6.07. The van der Waals surface area contributed by atoms with Crippen LogP contribution >= 0.6 is 0 Å². The topological polar surface area (TPSA) is 141 Å². The van der Waals surface area contributed by atoms with Gasteiger partial charge in [-0.2, -0.15) is 0 Å². The van der Waals surface area contributed by atoms with Crippen LogP contribution in [0, 0.1) is 20.8 Å². The minimum Gasteiger partial charge on any atom is -0.496 e. The van der Waals surface area contributed by atoms with Gasteiger partial charge in [0.15, 0.2) is 0 Å². The number of methoxy groups -OCH3 is 1. The summed E-state index contributed by atoms with van der Waals surface area (Å²) in [5.41, 5.74) is -1.10. The number of carbonyl (C=O) groups is 5. The first-order valence-electron chi connectivity index (χ1n) is 14.3. The Morgan fingerprint density at radius 3 is 1.89 bits per heavy atom. The summed E-state index contributed by atoms with van der Waals surface area (Å²) in [5, 5.41) is 4.02. The summed E-state index contributed by atoms with van der Waals surface area (Å²) < 4.78 is 20.9. The van der Waals surface area contributed by atoms with Crippen molar-refractivity contribution in [2.45, 2.75) is 92.8 Å². The molecule has 0 aliphatic carbocycles. The summed E-state index contributed by atoms with van der Waals surface area (Å²) in [5.74, 6) is -2.06. The van der Waals surface area contributed by atoms with Crippen molar-refractivity contribution in [2.24, 2.45) is 0 Å². The normalized spacial score (nSPS) is 11.6. The third-order valence-electron chi connectivity index (χ3n) is 6.29. The van der Waals surface area contributed by atoms with Gasteiger partial charge in [-0.05, 0) is 100 Å².